The Bertz CT molecular complexity index is 815. The maximum absolute atomic E-state index is 11.3. The van der Waals surface area contributed by atoms with Gasteiger partial charge in [-0.25, -0.2) is 9.97 Å². The number of nitrogens with two attached hydrogens (primary N) is 1. The van der Waals surface area contributed by atoms with Gasteiger partial charge in [-0.15, -0.1) is 23.7 Å². The summed E-state index contributed by atoms with van der Waals surface area (Å²) < 4.78 is 1.73. The van der Waals surface area contributed by atoms with Crippen LogP contribution in [-0.4, -0.2) is 32.2 Å². The number of aromatic nitrogens is 4. The number of aryl methyl sites for hydroxylation is 1. The summed E-state index contributed by atoms with van der Waals surface area (Å²) in [5, 5.41) is 9.32. The first kappa shape index (κ1) is 17.1. The molecule has 0 bridgehead atoms. The van der Waals surface area contributed by atoms with Crippen molar-refractivity contribution in [2.24, 2.45) is 12.8 Å². The molecule has 3 rings (SSSR count). The Morgan fingerprint density at radius 2 is 1.96 bits per heavy atom. The van der Waals surface area contributed by atoms with Crippen LogP contribution in [0.4, 0.5) is 5.13 Å². The minimum absolute atomic E-state index is 0. The zero-order valence-electron chi connectivity index (χ0n) is 12.3. The zero-order chi connectivity index (χ0) is 15.5. The first-order valence-electron chi connectivity index (χ1n) is 6.58. The minimum Gasteiger partial charge on any atom is -0.322 e. The molecule has 0 aliphatic carbocycles. The Kier molecular flexibility index (Phi) is 5.43. The molecule has 0 saturated carbocycles. The van der Waals surface area contributed by atoms with Gasteiger partial charge in [0.2, 0.25) is 5.91 Å². The smallest absolute Gasteiger partial charge is 0.239 e. The number of hydrogen-bond donors (Lipinski definition) is 2. The minimum atomic E-state index is -0.268. The third-order valence-electron chi connectivity index (χ3n) is 2.92. The van der Waals surface area contributed by atoms with E-state index in [-0.39, 0.29) is 24.9 Å². The van der Waals surface area contributed by atoms with Crippen LogP contribution in [0.15, 0.2) is 35.8 Å². The van der Waals surface area contributed by atoms with Crippen LogP contribution in [0.3, 0.4) is 0 Å². The van der Waals surface area contributed by atoms with E-state index in [1.807, 2.05) is 42.9 Å². The molecular formula is C14H15ClN6OS. The fourth-order valence-corrected chi connectivity index (χ4v) is 2.61. The van der Waals surface area contributed by atoms with Crippen LogP contribution < -0.4 is 11.1 Å². The van der Waals surface area contributed by atoms with E-state index >= 15 is 0 Å². The molecule has 0 spiro atoms. The van der Waals surface area contributed by atoms with Gasteiger partial charge >= 0.3 is 0 Å². The second-order valence-electron chi connectivity index (χ2n) is 4.57. The van der Waals surface area contributed by atoms with Crippen molar-refractivity contribution in [3.8, 4) is 22.8 Å². The molecule has 0 unspecified atom stereocenters. The molecule has 7 nitrogen and oxygen atoms in total. The summed E-state index contributed by atoms with van der Waals surface area (Å²) in [5.41, 5.74) is 8.28. The van der Waals surface area contributed by atoms with Crippen molar-refractivity contribution in [3.05, 3.63) is 35.8 Å². The molecule has 0 atom stereocenters. The number of pyridine rings is 1. The van der Waals surface area contributed by atoms with Crippen molar-refractivity contribution >= 4 is 34.8 Å². The van der Waals surface area contributed by atoms with Crippen molar-refractivity contribution in [1.82, 2.24) is 19.7 Å². The molecule has 3 aromatic rings. The van der Waals surface area contributed by atoms with Crippen molar-refractivity contribution in [3.63, 3.8) is 0 Å². The third-order valence-corrected chi connectivity index (χ3v) is 3.68. The van der Waals surface area contributed by atoms with Crippen LogP contribution in [0.25, 0.3) is 22.8 Å². The number of halogens is 1. The average molecular weight is 351 g/mol. The number of thiazole rings is 1. The highest BCUT2D eigenvalue weighted by atomic mass is 35.5. The zero-order valence-corrected chi connectivity index (χ0v) is 13.9. The molecule has 0 radical (unpaired) electrons. The molecule has 0 saturated heterocycles. The van der Waals surface area contributed by atoms with Gasteiger partial charge in [0.05, 0.1) is 17.9 Å². The second-order valence-corrected chi connectivity index (χ2v) is 5.43. The van der Waals surface area contributed by atoms with E-state index in [4.69, 9.17) is 5.73 Å². The predicted octanol–water partition coefficient (Wildman–Crippen LogP) is 1.92. The van der Waals surface area contributed by atoms with Crippen LogP contribution >= 0.6 is 23.7 Å². The van der Waals surface area contributed by atoms with Crippen molar-refractivity contribution in [2.45, 2.75) is 0 Å². The summed E-state index contributed by atoms with van der Waals surface area (Å²) in [4.78, 5) is 20.2. The summed E-state index contributed by atoms with van der Waals surface area (Å²) in [6.45, 7) is -0.0671. The SMILES string of the molecule is Cl.Cn1ccc(-c2cccc(-c3csc(NC(=O)CN)n3)n2)n1. The van der Waals surface area contributed by atoms with Gasteiger partial charge in [-0.1, -0.05) is 6.07 Å². The molecule has 1 amide bonds. The molecule has 0 fully saturated rings. The molecule has 23 heavy (non-hydrogen) atoms. The first-order valence-corrected chi connectivity index (χ1v) is 7.46. The van der Waals surface area contributed by atoms with E-state index in [1.54, 1.807) is 4.68 Å². The molecule has 120 valence electrons. The Morgan fingerprint density at radius 1 is 1.22 bits per heavy atom. The Hall–Kier alpha value is -2.29. The van der Waals surface area contributed by atoms with Gasteiger partial charge in [0, 0.05) is 18.6 Å². The van der Waals surface area contributed by atoms with Gasteiger partial charge in [0.25, 0.3) is 0 Å². The summed E-state index contributed by atoms with van der Waals surface area (Å²) in [6.07, 6.45) is 1.87. The summed E-state index contributed by atoms with van der Waals surface area (Å²) in [5.74, 6) is -0.268. The molecule has 9 heteroatoms. The standard InChI is InChI=1S/C14H14N6OS.ClH/c1-20-6-5-11(19-20)9-3-2-4-10(16-9)12-8-22-14(17-12)18-13(21)7-15;/h2-6,8H,7,15H2,1H3,(H,17,18,21);1H. The van der Waals surface area contributed by atoms with E-state index in [1.165, 1.54) is 11.3 Å². The number of amides is 1. The Balaban J connectivity index is 0.00000192. The van der Waals surface area contributed by atoms with Gasteiger partial charge < -0.3 is 11.1 Å². The number of nitrogens with zero attached hydrogens (tertiary/aromatic N) is 4. The van der Waals surface area contributed by atoms with Gasteiger partial charge in [0.1, 0.15) is 11.4 Å². The summed E-state index contributed by atoms with van der Waals surface area (Å²) in [7, 11) is 1.86. The van der Waals surface area contributed by atoms with Gasteiger partial charge in [-0.3, -0.25) is 9.48 Å². The van der Waals surface area contributed by atoms with E-state index in [0.29, 0.717) is 10.8 Å². The van der Waals surface area contributed by atoms with Crippen LogP contribution in [0.2, 0.25) is 0 Å². The number of anilines is 1. The highest BCUT2D eigenvalue weighted by molar-refractivity contribution is 7.14. The van der Waals surface area contributed by atoms with Crippen LogP contribution in [0.1, 0.15) is 0 Å². The van der Waals surface area contributed by atoms with E-state index in [2.05, 4.69) is 20.4 Å². The quantitative estimate of drug-likeness (QED) is 0.749. The van der Waals surface area contributed by atoms with Crippen molar-refractivity contribution in [2.75, 3.05) is 11.9 Å². The maximum Gasteiger partial charge on any atom is 0.239 e. The van der Waals surface area contributed by atoms with Crippen molar-refractivity contribution < 1.29 is 4.79 Å². The molecule has 0 aliphatic rings. The number of rotatable bonds is 4. The fraction of sp³-hybridized carbons (Fsp3) is 0.143. The van der Waals surface area contributed by atoms with Crippen molar-refractivity contribution in [1.29, 1.82) is 0 Å². The van der Waals surface area contributed by atoms with E-state index in [0.717, 1.165) is 17.1 Å². The Labute approximate surface area is 143 Å². The summed E-state index contributed by atoms with van der Waals surface area (Å²) in [6, 6.07) is 7.58. The van der Waals surface area contributed by atoms with E-state index in [9.17, 15) is 4.79 Å². The lowest BCUT2D eigenvalue weighted by Gasteiger charge is -2.00. The second kappa shape index (κ2) is 7.32. The third kappa shape index (κ3) is 3.92. The highest BCUT2D eigenvalue weighted by Gasteiger charge is 2.10. The number of nitrogens with one attached hydrogen (secondary N) is 1. The lowest BCUT2D eigenvalue weighted by atomic mass is 10.2. The lowest BCUT2D eigenvalue weighted by Crippen LogP contribution is -2.21. The number of carbonyl (C=O) groups excluding carboxylic acids is 1. The molecule has 0 aliphatic heterocycles. The largest absolute Gasteiger partial charge is 0.322 e. The molecule has 3 N–H and O–H groups in total. The average Bonchev–Trinajstić information content (AvgIpc) is 3.16. The van der Waals surface area contributed by atoms with Crippen LogP contribution in [-0.2, 0) is 11.8 Å². The fourth-order valence-electron chi connectivity index (χ4n) is 1.89. The molecule has 3 aromatic heterocycles. The number of hydrogen-bond acceptors (Lipinski definition) is 6. The van der Waals surface area contributed by atoms with Gasteiger partial charge in [0.15, 0.2) is 5.13 Å². The highest BCUT2D eigenvalue weighted by Crippen LogP contribution is 2.25. The lowest BCUT2D eigenvalue weighted by molar-refractivity contribution is -0.114. The van der Waals surface area contributed by atoms with Crippen LogP contribution in [0.5, 0.6) is 0 Å². The topological polar surface area (TPSA) is 98.7 Å². The first-order chi connectivity index (χ1) is 10.7. The van der Waals surface area contributed by atoms with Gasteiger partial charge in [-0.05, 0) is 18.2 Å². The Morgan fingerprint density at radius 3 is 2.61 bits per heavy atom. The normalized spacial score (nSPS) is 10.2. The monoisotopic (exact) mass is 350 g/mol. The summed E-state index contributed by atoms with van der Waals surface area (Å²) >= 11 is 1.34. The molecular weight excluding hydrogens is 336 g/mol. The number of carbonyl (C=O) groups is 1. The maximum atomic E-state index is 11.3. The molecule has 3 heterocycles. The van der Waals surface area contributed by atoms with Crippen LogP contribution in [0, 0.1) is 0 Å². The van der Waals surface area contributed by atoms with E-state index < -0.39 is 0 Å². The molecule has 0 aromatic carbocycles. The van der Waals surface area contributed by atoms with Gasteiger partial charge in [-0.2, -0.15) is 5.10 Å². The predicted molar refractivity (Wildman–Crippen MR) is 92.5 cm³/mol.